The number of nitrogens with zero attached hydrogens (tertiary/aromatic N) is 1. The zero-order valence-corrected chi connectivity index (χ0v) is 9.35. The molecule has 2 N–H and O–H groups in total. The molecule has 1 aromatic rings. The zero-order chi connectivity index (χ0) is 12.3. The molecule has 1 aliphatic carbocycles. The van der Waals surface area contributed by atoms with Gasteiger partial charge in [-0.1, -0.05) is 6.42 Å². The van der Waals surface area contributed by atoms with Gasteiger partial charge in [0.1, 0.15) is 0 Å². The number of nitrogens with one attached hydrogen (secondary N) is 1. The molecule has 5 nitrogen and oxygen atoms in total. The van der Waals surface area contributed by atoms with E-state index >= 15 is 0 Å². The number of carboxylic acid groups (broad SMARTS) is 1. The van der Waals surface area contributed by atoms with Crippen LogP contribution in [-0.2, 0) is 4.79 Å². The van der Waals surface area contributed by atoms with Crippen molar-refractivity contribution in [3.63, 3.8) is 0 Å². The van der Waals surface area contributed by atoms with E-state index in [1.165, 1.54) is 24.9 Å². The monoisotopic (exact) mass is 234 g/mol. The second kappa shape index (κ2) is 4.95. The van der Waals surface area contributed by atoms with E-state index in [2.05, 4.69) is 10.3 Å². The Morgan fingerprint density at radius 3 is 2.76 bits per heavy atom. The van der Waals surface area contributed by atoms with Crippen LogP contribution in [0.1, 0.15) is 36.0 Å². The van der Waals surface area contributed by atoms with Crippen LogP contribution in [-0.4, -0.2) is 22.0 Å². The summed E-state index contributed by atoms with van der Waals surface area (Å²) in [7, 11) is 0. The van der Waals surface area contributed by atoms with E-state index in [-0.39, 0.29) is 11.5 Å². The SMILES string of the molecule is O=C(CC1CCC1)Nc1cncc(C(=O)O)c1. The maximum atomic E-state index is 11.6. The van der Waals surface area contributed by atoms with Crippen molar-refractivity contribution in [2.75, 3.05) is 5.32 Å². The van der Waals surface area contributed by atoms with Crippen molar-refractivity contribution in [2.24, 2.45) is 5.92 Å². The van der Waals surface area contributed by atoms with Gasteiger partial charge in [0, 0.05) is 12.6 Å². The van der Waals surface area contributed by atoms with Crippen molar-refractivity contribution in [2.45, 2.75) is 25.7 Å². The van der Waals surface area contributed by atoms with Crippen LogP contribution in [0.2, 0.25) is 0 Å². The van der Waals surface area contributed by atoms with Gasteiger partial charge in [-0.2, -0.15) is 0 Å². The van der Waals surface area contributed by atoms with Crippen molar-refractivity contribution < 1.29 is 14.7 Å². The predicted octanol–water partition coefficient (Wildman–Crippen LogP) is 1.91. The average Bonchev–Trinajstić information content (AvgIpc) is 2.24. The lowest BCUT2D eigenvalue weighted by Crippen LogP contribution is -2.21. The maximum absolute atomic E-state index is 11.6. The van der Waals surface area contributed by atoms with Gasteiger partial charge in [-0.05, 0) is 24.8 Å². The van der Waals surface area contributed by atoms with Crippen LogP contribution in [0.3, 0.4) is 0 Å². The summed E-state index contributed by atoms with van der Waals surface area (Å²) in [4.78, 5) is 26.1. The number of pyridine rings is 1. The summed E-state index contributed by atoms with van der Waals surface area (Å²) in [5, 5.41) is 11.5. The van der Waals surface area contributed by atoms with E-state index in [1.807, 2.05) is 0 Å². The second-order valence-electron chi connectivity index (χ2n) is 4.32. The Hall–Kier alpha value is -1.91. The lowest BCUT2D eigenvalue weighted by molar-refractivity contribution is -0.117. The Kier molecular flexibility index (Phi) is 3.37. The van der Waals surface area contributed by atoms with Crippen LogP contribution in [0.25, 0.3) is 0 Å². The van der Waals surface area contributed by atoms with Gasteiger partial charge in [-0.3, -0.25) is 9.78 Å². The highest BCUT2D eigenvalue weighted by molar-refractivity contribution is 5.93. The number of carboxylic acids is 1. The highest BCUT2D eigenvalue weighted by Crippen LogP contribution is 2.29. The Balaban J connectivity index is 1.95. The first-order valence-electron chi connectivity index (χ1n) is 5.63. The fourth-order valence-corrected chi connectivity index (χ4v) is 1.80. The number of carbonyl (C=O) groups excluding carboxylic acids is 1. The molecule has 2 rings (SSSR count). The molecule has 0 radical (unpaired) electrons. The molecule has 1 aliphatic rings. The van der Waals surface area contributed by atoms with Crippen LogP contribution < -0.4 is 5.32 Å². The van der Waals surface area contributed by atoms with Crippen LogP contribution in [0.5, 0.6) is 0 Å². The lowest BCUT2D eigenvalue weighted by Gasteiger charge is -2.24. The third-order valence-electron chi connectivity index (χ3n) is 2.97. The summed E-state index contributed by atoms with van der Waals surface area (Å²) >= 11 is 0. The smallest absolute Gasteiger partial charge is 0.337 e. The molecule has 1 fully saturated rings. The Labute approximate surface area is 98.9 Å². The quantitative estimate of drug-likeness (QED) is 0.834. The van der Waals surface area contributed by atoms with Crippen LogP contribution >= 0.6 is 0 Å². The van der Waals surface area contributed by atoms with Gasteiger partial charge in [0.25, 0.3) is 0 Å². The van der Waals surface area contributed by atoms with Crippen molar-refractivity contribution in [1.29, 1.82) is 0 Å². The van der Waals surface area contributed by atoms with Crippen LogP contribution in [0, 0.1) is 5.92 Å². The third-order valence-corrected chi connectivity index (χ3v) is 2.97. The minimum Gasteiger partial charge on any atom is -0.478 e. The summed E-state index contributed by atoms with van der Waals surface area (Å²) in [6.07, 6.45) is 6.64. The number of aromatic nitrogens is 1. The zero-order valence-electron chi connectivity index (χ0n) is 9.35. The van der Waals surface area contributed by atoms with Crippen molar-refractivity contribution in [3.8, 4) is 0 Å². The van der Waals surface area contributed by atoms with Crippen molar-refractivity contribution >= 4 is 17.6 Å². The minimum atomic E-state index is -1.05. The lowest BCUT2D eigenvalue weighted by atomic mass is 9.83. The third kappa shape index (κ3) is 3.03. The molecule has 0 saturated heterocycles. The number of aromatic carboxylic acids is 1. The standard InChI is InChI=1S/C12H14N2O3/c15-11(4-8-2-1-3-8)14-10-5-9(12(16)17)6-13-7-10/h5-8H,1-4H2,(H,14,15)(H,16,17). The van der Waals surface area contributed by atoms with E-state index in [1.54, 1.807) is 0 Å². The summed E-state index contributed by atoms with van der Waals surface area (Å²) in [5.41, 5.74) is 0.515. The fourth-order valence-electron chi connectivity index (χ4n) is 1.80. The van der Waals surface area contributed by atoms with Gasteiger partial charge >= 0.3 is 5.97 Å². The highest BCUT2D eigenvalue weighted by Gasteiger charge is 2.20. The molecule has 90 valence electrons. The Morgan fingerprint density at radius 2 is 2.18 bits per heavy atom. The molecular weight excluding hydrogens is 220 g/mol. The molecule has 0 aromatic carbocycles. The summed E-state index contributed by atoms with van der Waals surface area (Å²) in [6, 6.07) is 1.41. The molecule has 0 bridgehead atoms. The first-order valence-corrected chi connectivity index (χ1v) is 5.63. The summed E-state index contributed by atoms with van der Waals surface area (Å²) in [6.45, 7) is 0. The summed E-state index contributed by atoms with van der Waals surface area (Å²) < 4.78 is 0. The van der Waals surface area contributed by atoms with Crippen molar-refractivity contribution in [1.82, 2.24) is 4.98 Å². The topological polar surface area (TPSA) is 79.3 Å². The molecule has 5 heteroatoms. The molecule has 0 aliphatic heterocycles. The van der Waals surface area contributed by atoms with E-state index in [4.69, 9.17) is 5.11 Å². The average molecular weight is 234 g/mol. The molecule has 17 heavy (non-hydrogen) atoms. The Morgan fingerprint density at radius 1 is 1.41 bits per heavy atom. The first-order chi connectivity index (χ1) is 8.15. The predicted molar refractivity (Wildman–Crippen MR) is 61.8 cm³/mol. The number of amides is 1. The van der Waals surface area contributed by atoms with Crippen LogP contribution in [0.15, 0.2) is 18.5 Å². The number of hydrogen-bond donors (Lipinski definition) is 2. The number of anilines is 1. The number of hydrogen-bond acceptors (Lipinski definition) is 3. The summed E-state index contributed by atoms with van der Waals surface area (Å²) in [5.74, 6) is -0.628. The fraction of sp³-hybridized carbons (Fsp3) is 0.417. The largest absolute Gasteiger partial charge is 0.478 e. The highest BCUT2D eigenvalue weighted by atomic mass is 16.4. The molecule has 1 heterocycles. The van der Waals surface area contributed by atoms with E-state index in [9.17, 15) is 9.59 Å². The number of carbonyl (C=O) groups is 2. The second-order valence-corrected chi connectivity index (χ2v) is 4.32. The van der Waals surface area contributed by atoms with E-state index < -0.39 is 5.97 Å². The molecular formula is C12H14N2O3. The molecule has 0 spiro atoms. The first kappa shape index (κ1) is 11.6. The maximum Gasteiger partial charge on any atom is 0.337 e. The van der Waals surface area contributed by atoms with Gasteiger partial charge in [0.15, 0.2) is 0 Å². The molecule has 1 aromatic heterocycles. The van der Waals surface area contributed by atoms with Gasteiger partial charge in [0.2, 0.25) is 5.91 Å². The molecule has 1 saturated carbocycles. The number of rotatable bonds is 4. The van der Waals surface area contributed by atoms with Gasteiger partial charge in [0.05, 0.1) is 17.4 Å². The van der Waals surface area contributed by atoms with Gasteiger partial charge in [-0.15, -0.1) is 0 Å². The van der Waals surface area contributed by atoms with Crippen molar-refractivity contribution in [3.05, 3.63) is 24.0 Å². The van der Waals surface area contributed by atoms with Crippen LogP contribution in [0.4, 0.5) is 5.69 Å². The van der Waals surface area contributed by atoms with E-state index in [0.717, 1.165) is 12.8 Å². The molecule has 0 atom stereocenters. The minimum absolute atomic E-state index is 0.0703. The Bertz CT molecular complexity index is 441. The normalized spacial score (nSPS) is 15.1. The molecule has 0 unspecified atom stereocenters. The van der Waals surface area contributed by atoms with Gasteiger partial charge < -0.3 is 10.4 Å². The molecule has 1 amide bonds. The van der Waals surface area contributed by atoms with E-state index in [0.29, 0.717) is 18.0 Å². The van der Waals surface area contributed by atoms with Gasteiger partial charge in [-0.25, -0.2) is 4.79 Å².